The van der Waals surface area contributed by atoms with Crippen LogP contribution in [-0.4, -0.2) is 17.4 Å². The SMILES string of the molecule is O=Cc1cc(C=CC(=O)O)cs1. The molecule has 4 heteroatoms. The van der Waals surface area contributed by atoms with Crippen molar-refractivity contribution in [1.29, 1.82) is 0 Å². The highest BCUT2D eigenvalue weighted by Gasteiger charge is 1.94. The van der Waals surface area contributed by atoms with Gasteiger partial charge in [0.1, 0.15) is 0 Å². The number of thiophene rings is 1. The molecule has 0 radical (unpaired) electrons. The molecule has 1 heterocycles. The predicted molar refractivity (Wildman–Crippen MR) is 46.4 cm³/mol. The van der Waals surface area contributed by atoms with Gasteiger partial charge in [0.2, 0.25) is 0 Å². The number of rotatable bonds is 3. The molecule has 0 aliphatic rings. The van der Waals surface area contributed by atoms with E-state index in [0.29, 0.717) is 4.88 Å². The molecule has 3 nitrogen and oxygen atoms in total. The van der Waals surface area contributed by atoms with E-state index in [1.807, 2.05) is 0 Å². The van der Waals surface area contributed by atoms with Crippen LogP contribution in [0.25, 0.3) is 6.08 Å². The summed E-state index contributed by atoms with van der Waals surface area (Å²) in [5.74, 6) is -0.992. The van der Waals surface area contributed by atoms with Crippen LogP contribution in [0.4, 0.5) is 0 Å². The minimum Gasteiger partial charge on any atom is -0.478 e. The third kappa shape index (κ3) is 2.32. The van der Waals surface area contributed by atoms with Crippen LogP contribution in [0, 0.1) is 0 Å². The first-order chi connectivity index (χ1) is 5.72. The van der Waals surface area contributed by atoms with Gasteiger partial charge in [-0.05, 0) is 23.1 Å². The van der Waals surface area contributed by atoms with Crippen LogP contribution in [0.15, 0.2) is 17.5 Å². The van der Waals surface area contributed by atoms with Gasteiger partial charge in [0.25, 0.3) is 0 Å². The molecule has 0 unspecified atom stereocenters. The van der Waals surface area contributed by atoms with Crippen molar-refractivity contribution in [3.05, 3.63) is 28.0 Å². The molecular formula is C8H6O3S. The molecule has 0 amide bonds. The van der Waals surface area contributed by atoms with Gasteiger partial charge in [-0.15, -0.1) is 11.3 Å². The Kier molecular flexibility index (Phi) is 2.76. The normalized spacial score (nSPS) is 10.3. The highest BCUT2D eigenvalue weighted by molar-refractivity contribution is 7.11. The van der Waals surface area contributed by atoms with Crippen molar-refractivity contribution in [1.82, 2.24) is 0 Å². The van der Waals surface area contributed by atoms with Crippen molar-refractivity contribution >= 4 is 29.7 Å². The summed E-state index contributed by atoms with van der Waals surface area (Å²) in [6, 6.07) is 1.64. The van der Waals surface area contributed by atoms with E-state index >= 15 is 0 Å². The second kappa shape index (κ2) is 3.82. The molecule has 1 aromatic heterocycles. The molecule has 1 aromatic rings. The lowest BCUT2D eigenvalue weighted by Crippen LogP contribution is -1.84. The zero-order chi connectivity index (χ0) is 8.97. The molecule has 0 atom stereocenters. The van der Waals surface area contributed by atoms with Gasteiger partial charge in [-0.3, -0.25) is 4.79 Å². The van der Waals surface area contributed by atoms with Gasteiger partial charge in [0.05, 0.1) is 4.88 Å². The van der Waals surface area contributed by atoms with Crippen molar-refractivity contribution in [2.24, 2.45) is 0 Å². The van der Waals surface area contributed by atoms with E-state index in [-0.39, 0.29) is 0 Å². The lowest BCUT2D eigenvalue weighted by molar-refractivity contribution is -0.131. The van der Waals surface area contributed by atoms with Gasteiger partial charge >= 0.3 is 5.97 Å². The molecule has 0 bridgehead atoms. The molecule has 62 valence electrons. The fourth-order valence-corrected chi connectivity index (χ4v) is 1.36. The largest absolute Gasteiger partial charge is 0.478 e. The third-order valence-electron chi connectivity index (χ3n) is 1.17. The highest BCUT2D eigenvalue weighted by Crippen LogP contribution is 2.13. The van der Waals surface area contributed by atoms with Crippen molar-refractivity contribution in [2.45, 2.75) is 0 Å². The van der Waals surface area contributed by atoms with Crippen molar-refractivity contribution in [2.75, 3.05) is 0 Å². The number of aldehydes is 1. The minimum absolute atomic E-state index is 0.597. The van der Waals surface area contributed by atoms with Crippen LogP contribution in [0.5, 0.6) is 0 Å². The Morgan fingerprint density at radius 3 is 2.83 bits per heavy atom. The average Bonchev–Trinajstić information content (AvgIpc) is 2.48. The zero-order valence-electron chi connectivity index (χ0n) is 6.06. The maximum Gasteiger partial charge on any atom is 0.328 e. The average molecular weight is 182 g/mol. The molecule has 0 spiro atoms. The van der Waals surface area contributed by atoms with E-state index in [1.165, 1.54) is 17.4 Å². The van der Waals surface area contributed by atoms with E-state index in [4.69, 9.17) is 5.11 Å². The summed E-state index contributed by atoms with van der Waals surface area (Å²) in [4.78, 5) is 20.9. The van der Waals surface area contributed by atoms with Gasteiger partial charge < -0.3 is 5.11 Å². The summed E-state index contributed by atoms with van der Waals surface area (Å²) in [6.45, 7) is 0. The van der Waals surface area contributed by atoms with Gasteiger partial charge in [-0.1, -0.05) is 0 Å². The van der Waals surface area contributed by atoms with Crippen molar-refractivity contribution in [3.8, 4) is 0 Å². The van der Waals surface area contributed by atoms with E-state index in [1.54, 1.807) is 11.4 Å². The third-order valence-corrected chi connectivity index (χ3v) is 2.05. The Labute approximate surface area is 73.0 Å². The van der Waals surface area contributed by atoms with Crippen molar-refractivity contribution in [3.63, 3.8) is 0 Å². The number of carboxylic acids is 1. The van der Waals surface area contributed by atoms with Crippen LogP contribution in [0.2, 0.25) is 0 Å². The first-order valence-corrected chi connectivity index (χ1v) is 4.05. The van der Waals surface area contributed by atoms with Gasteiger partial charge in [-0.2, -0.15) is 0 Å². The van der Waals surface area contributed by atoms with E-state index < -0.39 is 5.97 Å². The molecule has 0 fully saturated rings. The van der Waals surface area contributed by atoms with Crippen molar-refractivity contribution < 1.29 is 14.7 Å². The Bertz CT molecular complexity index is 325. The highest BCUT2D eigenvalue weighted by atomic mass is 32.1. The fourth-order valence-electron chi connectivity index (χ4n) is 0.685. The van der Waals surface area contributed by atoms with Gasteiger partial charge in [-0.25, -0.2) is 4.79 Å². The number of carbonyl (C=O) groups is 2. The number of aliphatic carboxylic acids is 1. The van der Waals surface area contributed by atoms with Crippen LogP contribution in [0.1, 0.15) is 15.2 Å². The summed E-state index contributed by atoms with van der Waals surface area (Å²) in [5.41, 5.74) is 0.740. The quantitative estimate of drug-likeness (QED) is 0.571. The number of hydrogen-bond donors (Lipinski definition) is 1. The van der Waals surface area contributed by atoms with Gasteiger partial charge in [0, 0.05) is 6.08 Å². The van der Waals surface area contributed by atoms with Crippen LogP contribution >= 0.6 is 11.3 Å². The molecule has 0 aliphatic carbocycles. The summed E-state index contributed by atoms with van der Waals surface area (Å²) < 4.78 is 0. The predicted octanol–water partition coefficient (Wildman–Crippen LogP) is 1.66. The zero-order valence-corrected chi connectivity index (χ0v) is 6.88. The first-order valence-electron chi connectivity index (χ1n) is 3.17. The number of carbonyl (C=O) groups excluding carboxylic acids is 1. The lowest BCUT2D eigenvalue weighted by Gasteiger charge is -1.79. The van der Waals surface area contributed by atoms with Crippen LogP contribution in [-0.2, 0) is 4.79 Å². The summed E-state index contributed by atoms with van der Waals surface area (Å²) in [7, 11) is 0. The topological polar surface area (TPSA) is 54.4 Å². The molecule has 0 saturated carbocycles. The van der Waals surface area contributed by atoms with E-state index in [2.05, 4.69) is 0 Å². The standard InChI is InChI=1S/C8H6O3S/c9-4-7-3-6(5-12-7)1-2-8(10)11/h1-5H,(H,10,11). The van der Waals surface area contributed by atoms with Crippen LogP contribution < -0.4 is 0 Å². The van der Waals surface area contributed by atoms with Crippen LogP contribution in [0.3, 0.4) is 0 Å². The second-order valence-electron chi connectivity index (χ2n) is 2.07. The smallest absolute Gasteiger partial charge is 0.328 e. The van der Waals surface area contributed by atoms with E-state index in [9.17, 15) is 9.59 Å². The Morgan fingerprint density at radius 1 is 1.58 bits per heavy atom. The summed E-state index contributed by atoms with van der Waals surface area (Å²) in [5, 5.41) is 10.0. The minimum atomic E-state index is -0.992. The maximum atomic E-state index is 10.2. The summed E-state index contributed by atoms with van der Waals surface area (Å²) >= 11 is 1.29. The molecule has 1 N–H and O–H groups in total. The maximum absolute atomic E-state index is 10.2. The first kappa shape index (κ1) is 8.67. The Morgan fingerprint density at radius 2 is 2.33 bits per heavy atom. The molecule has 1 rings (SSSR count). The molecule has 0 aromatic carbocycles. The molecule has 0 saturated heterocycles. The molecule has 12 heavy (non-hydrogen) atoms. The van der Waals surface area contributed by atoms with E-state index in [0.717, 1.165) is 17.9 Å². The molecule has 0 aliphatic heterocycles. The van der Waals surface area contributed by atoms with Gasteiger partial charge in [0.15, 0.2) is 6.29 Å². The molecular weight excluding hydrogens is 176 g/mol. The monoisotopic (exact) mass is 182 g/mol. The number of carboxylic acid groups (broad SMARTS) is 1. The Balaban J connectivity index is 2.76. The Hall–Kier alpha value is -1.42. The fraction of sp³-hybridized carbons (Fsp3) is 0. The second-order valence-corrected chi connectivity index (χ2v) is 3.01. The summed E-state index contributed by atoms with van der Waals surface area (Å²) in [6.07, 6.45) is 3.23. The number of hydrogen-bond acceptors (Lipinski definition) is 3. The lowest BCUT2D eigenvalue weighted by atomic mass is 10.3.